The molecule has 2 aromatic rings. The summed E-state index contributed by atoms with van der Waals surface area (Å²) in [7, 11) is 0. The molecule has 5 rings (SSSR count). The number of hydrogen-bond acceptors (Lipinski definition) is 5. The fraction of sp³-hybridized carbons (Fsp3) is 0.500. The minimum absolute atomic E-state index is 0.100. The summed E-state index contributed by atoms with van der Waals surface area (Å²) in [6, 6.07) is 10.4. The Balaban J connectivity index is 1.35. The highest BCUT2D eigenvalue weighted by Crippen LogP contribution is 2.47. The number of piperidine rings is 1. The number of aryl methyl sites for hydroxylation is 1. The average Bonchev–Trinajstić information content (AvgIpc) is 3.25. The van der Waals surface area contributed by atoms with Gasteiger partial charge < -0.3 is 14.5 Å². The molecule has 1 aromatic heterocycles. The van der Waals surface area contributed by atoms with Crippen LogP contribution in [0.4, 0.5) is 5.82 Å². The third kappa shape index (κ3) is 3.01. The van der Waals surface area contributed by atoms with Crippen LogP contribution in [0.5, 0.6) is 0 Å². The zero-order valence-electron chi connectivity index (χ0n) is 16.8. The van der Waals surface area contributed by atoms with Crippen molar-refractivity contribution in [3.05, 3.63) is 52.4 Å². The monoisotopic (exact) mass is 412 g/mol. The van der Waals surface area contributed by atoms with E-state index in [0.717, 1.165) is 37.3 Å². The molecular weight excluding hydrogens is 388 g/mol. The topological polar surface area (TPSA) is 58.6 Å². The van der Waals surface area contributed by atoms with Crippen LogP contribution in [0.25, 0.3) is 0 Å². The first-order valence-electron chi connectivity index (χ1n) is 10.3. The maximum Gasteiger partial charge on any atom is 0.257 e. The van der Waals surface area contributed by atoms with E-state index >= 15 is 0 Å². The molecule has 3 aliphatic rings. The first-order chi connectivity index (χ1) is 14.0. The SMILES string of the molecule is Cc1nc(Cl)c(C)c(N2CCC3(CC2)O[C@@H]2CC[C@@H](c4ccccc4)N2C3=O)n1. The van der Waals surface area contributed by atoms with E-state index in [4.69, 9.17) is 16.3 Å². The van der Waals surface area contributed by atoms with E-state index in [-0.39, 0.29) is 18.2 Å². The Morgan fingerprint density at radius 2 is 1.83 bits per heavy atom. The first kappa shape index (κ1) is 18.8. The van der Waals surface area contributed by atoms with Crippen molar-refractivity contribution in [1.82, 2.24) is 14.9 Å². The predicted octanol–water partition coefficient (Wildman–Crippen LogP) is 3.81. The van der Waals surface area contributed by atoms with E-state index in [1.165, 1.54) is 5.56 Å². The maximum atomic E-state index is 13.5. The van der Waals surface area contributed by atoms with Crippen molar-refractivity contribution < 1.29 is 9.53 Å². The largest absolute Gasteiger partial charge is 0.356 e. The third-order valence-electron chi connectivity index (χ3n) is 6.55. The van der Waals surface area contributed by atoms with Crippen molar-refractivity contribution in [2.24, 2.45) is 0 Å². The lowest BCUT2D eigenvalue weighted by molar-refractivity contribution is -0.140. The van der Waals surface area contributed by atoms with Crippen molar-refractivity contribution in [3.8, 4) is 0 Å². The van der Waals surface area contributed by atoms with Crippen LogP contribution in [0.1, 0.15) is 48.7 Å². The minimum Gasteiger partial charge on any atom is -0.356 e. The van der Waals surface area contributed by atoms with Gasteiger partial charge in [-0.2, -0.15) is 0 Å². The number of benzene rings is 1. The van der Waals surface area contributed by atoms with E-state index in [1.54, 1.807) is 0 Å². The fourth-order valence-electron chi connectivity index (χ4n) is 5.02. The summed E-state index contributed by atoms with van der Waals surface area (Å²) >= 11 is 6.26. The molecule has 3 aliphatic heterocycles. The molecule has 6 nitrogen and oxygen atoms in total. The molecule has 3 fully saturated rings. The highest BCUT2D eigenvalue weighted by Gasteiger charge is 2.58. The molecule has 7 heteroatoms. The Morgan fingerprint density at radius 3 is 2.55 bits per heavy atom. The van der Waals surface area contributed by atoms with Crippen molar-refractivity contribution in [1.29, 1.82) is 0 Å². The Bertz CT molecular complexity index is 943. The van der Waals surface area contributed by atoms with Crippen LogP contribution in [0, 0.1) is 13.8 Å². The molecule has 1 aromatic carbocycles. The molecule has 3 saturated heterocycles. The Kier molecular flexibility index (Phi) is 4.51. The van der Waals surface area contributed by atoms with E-state index in [1.807, 2.05) is 36.9 Å². The highest BCUT2D eigenvalue weighted by molar-refractivity contribution is 6.30. The molecule has 0 bridgehead atoms. The number of rotatable bonds is 2. The minimum atomic E-state index is -0.700. The number of aromatic nitrogens is 2. The van der Waals surface area contributed by atoms with Crippen molar-refractivity contribution in [2.45, 2.75) is 57.4 Å². The number of hydrogen-bond donors (Lipinski definition) is 0. The van der Waals surface area contributed by atoms with Gasteiger partial charge in [0.1, 0.15) is 23.0 Å². The summed E-state index contributed by atoms with van der Waals surface area (Å²) in [5.74, 6) is 1.68. The van der Waals surface area contributed by atoms with E-state index < -0.39 is 5.60 Å². The Labute approximate surface area is 175 Å². The highest BCUT2D eigenvalue weighted by atomic mass is 35.5. The van der Waals surface area contributed by atoms with Crippen molar-refractivity contribution >= 4 is 23.3 Å². The van der Waals surface area contributed by atoms with E-state index in [0.29, 0.717) is 23.8 Å². The second-order valence-electron chi connectivity index (χ2n) is 8.28. The van der Waals surface area contributed by atoms with Crippen LogP contribution in [0.15, 0.2) is 30.3 Å². The Hall–Kier alpha value is -2.18. The van der Waals surface area contributed by atoms with Gasteiger partial charge in [0.15, 0.2) is 5.60 Å². The van der Waals surface area contributed by atoms with Crippen LogP contribution in [0.3, 0.4) is 0 Å². The zero-order valence-corrected chi connectivity index (χ0v) is 17.5. The molecule has 29 heavy (non-hydrogen) atoms. The molecule has 4 heterocycles. The molecule has 2 atom stereocenters. The van der Waals surface area contributed by atoms with E-state index in [9.17, 15) is 4.79 Å². The number of amides is 1. The number of carbonyl (C=O) groups is 1. The molecule has 152 valence electrons. The van der Waals surface area contributed by atoms with Crippen molar-refractivity contribution in [2.75, 3.05) is 18.0 Å². The average molecular weight is 413 g/mol. The molecular formula is C22H25ClN4O2. The summed E-state index contributed by atoms with van der Waals surface area (Å²) in [5, 5.41) is 0.493. The number of carbonyl (C=O) groups excluding carboxylic acids is 1. The smallest absolute Gasteiger partial charge is 0.257 e. The summed E-state index contributed by atoms with van der Waals surface area (Å²) in [6.07, 6.45) is 3.09. The van der Waals surface area contributed by atoms with Crippen molar-refractivity contribution in [3.63, 3.8) is 0 Å². The van der Waals surface area contributed by atoms with Gasteiger partial charge in [-0.3, -0.25) is 4.79 Å². The van der Waals surface area contributed by atoms with Crippen LogP contribution in [-0.4, -0.2) is 45.7 Å². The van der Waals surface area contributed by atoms with Gasteiger partial charge in [-0.25, -0.2) is 9.97 Å². The van der Waals surface area contributed by atoms with Crippen LogP contribution in [0.2, 0.25) is 5.15 Å². The predicted molar refractivity (Wildman–Crippen MR) is 111 cm³/mol. The standard InChI is InChI=1S/C22H25ClN4O2/c1-14-19(23)24-15(2)25-20(14)26-12-10-22(11-13-26)21(28)27-17(8-9-18(27)29-22)16-6-4-3-5-7-16/h3-7,17-18H,8-13H2,1-2H3/t17-,18+/m0/s1. The normalized spacial score (nSPS) is 25.7. The first-order valence-corrected chi connectivity index (χ1v) is 10.7. The number of anilines is 1. The fourth-order valence-corrected chi connectivity index (χ4v) is 5.22. The van der Waals surface area contributed by atoms with Gasteiger partial charge in [-0.05, 0) is 32.3 Å². The van der Waals surface area contributed by atoms with Crippen LogP contribution >= 0.6 is 11.6 Å². The Morgan fingerprint density at radius 1 is 1.10 bits per heavy atom. The van der Waals surface area contributed by atoms with Gasteiger partial charge in [-0.15, -0.1) is 0 Å². The van der Waals surface area contributed by atoms with Crippen LogP contribution < -0.4 is 4.90 Å². The van der Waals surface area contributed by atoms with Gasteiger partial charge in [0.2, 0.25) is 0 Å². The van der Waals surface area contributed by atoms with Gasteiger partial charge in [0.25, 0.3) is 5.91 Å². The molecule has 0 aliphatic carbocycles. The molecule has 0 saturated carbocycles. The number of halogens is 1. The second kappa shape index (κ2) is 6.96. The quantitative estimate of drug-likeness (QED) is 0.702. The zero-order chi connectivity index (χ0) is 20.2. The summed E-state index contributed by atoms with van der Waals surface area (Å²) < 4.78 is 6.43. The molecule has 0 N–H and O–H groups in total. The molecule has 0 unspecified atom stereocenters. The molecule has 0 radical (unpaired) electrons. The third-order valence-corrected chi connectivity index (χ3v) is 6.91. The number of fused-ring (bicyclic) bond motifs is 1. The van der Waals surface area contributed by atoms with E-state index in [2.05, 4.69) is 27.0 Å². The lowest BCUT2D eigenvalue weighted by atomic mass is 9.89. The van der Waals surface area contributed by atoms with Gasteiger partial charge in [0.05, 0.1) is 6.04 Å². The van der Waals surface area contributed by atoms with Gasteiger partial charge in [-0.1, -0.05) is 41.9 Å². The van der Waals surface area contributed by atoms with Gasteiger partial charge >= 0.3 is 0 Å². The number of nitrogens with zero attached hydrogens (tertiary/aromatic N) is 4. The summed E-state index contributed by atoms with van der Waals surface area (Å²) in [6.45, 7) is 5.23. The maximum absolute atomic E-state index is 13.5. The lowest BCUT2D eigenvalue weighted by Crippen LogP contribution is -2.50. The lowest BCUT2D eigenvalue weighted by Gasteiger charge is -2.38. The second-order valence-corrected chi connectivity index (χ2v) is 8.64. The summed E-state index contributed by atoms with van der Waals surface area (Å²) in [5.41, 5.74) is 1.38. The summed E-state index contributed by atoms with van der Waals surface area (Å²) in [4.78, 5) is 26.5. The molecule has 1 spiro atoms. The number of ether oxygens (including phenoxy) is 1. The molecule has 1 amide bonds. The van der Waals surface area contributed by atoms with Crippen LogP contribution in [-0.2, 0) is 9.53 Å². The van der Waals surface area contributed by atoms with Gasteiger partial charge in [0, 0.05) is 31.5 Å².